The third-order valence-electron chi connectivity index (χ3n) is 4.78. The van der Waals surface area contributed by atoms with Crippen LogP contribution in [0.5, 0.6) is 0 Å². The summed E-state index contributed by atoms with van der Waals surface area (Å²) in [4.78, 5) is 7.37. The molecule has 2 aromatic rings. The Labute approximate surface area is 159 Å². The number of benzene rings is 1. The molecule has 0 amide bonds. The molecule has 1 aliphatic rings. The molecule has 0 bridgehead atoms. The van der Waals surface area contributed by atoms with E-state index in [0.717, 1.165) is 81.0 Å². The van der Waals surface area contributed by atoms with E-state index in [1.165, 1.54) is 12.1 Å². The molecule has 3 N–H and O–H groups in total. The van der Waals surface area contributed by atoms with Crippen molar-refractivity contribution < 1.29 is 13.9 Å². The lowest BCUT2D eigenvalue weighted by Gasteiger charge is -2.22. The minimum Gasteiger partial charge on any atom is -0.381 e. The van der Waals surface area contributed by atoms with Crippen LogP contribution < -0.4 is 10.6 Å². The van der Waals surface area contributed by atoms with E-state index in [0.29, 0.717) is 6.10 Å². The Kier molecular flexibility index (Phi) is 7.47. The van der Waals surface area contributed by atoms with E-state index in [4.69, 9.17) is 9.47 Å². The molecule has 7 heteroatoms. The quantitative estimate of drug-likeness (QED) is 0.376. The SMILES string of the molecule is CN=C(NCCCOC1CCOCC1)NCCc1c[nH]c2cc(F)ccc12. The van der Waals surface area contributed by atoms with Gasteiger partial charge in [0.2, 0.25) is 0 Å². The van der Waals surface area contributed by atoms with Crippen molar-refractivity contribution in [2.24, 2.45) is 4.99 Å². The molecule has 27 heavy (non-hydrogen) atoms. The molecule has 1 aromatic heterocycles. The Bertz CT molecular complexity index is 741. The molecule has 0 radical (unpaired) electrons. The smallest absolute Gasteiger partial charge is 0.190 e. The molecule has 0 spiro atoms. The molecular formula is C20H29FN4O2. The van der Waals surface area contributed by atoms with Gasteiger partial charge in [0, 0.05) is 57.1 Å². The van der Waals surface area contributed by atoms with Gasteiger partial charge in [-0.15, -0.1) is 0 Å². The lowest BCUT2D eigenvalue weighted by molar-refractivity contribution is -0.0320. The fourth-order valence-corrected chi connectivity index (χ4v) is 3.27. The van der Waals surface area contributed by atoms with Gasteiger partial charge >= 0.3 is 0 Å². The number of nitrogens with one attached hydrogen (secondary N) is 3. The van der Waals surface area contributed by atoms with Crippen molar-refractivity contribution in [3.05, 3.63) is 35.8 Å². The highest BCUT2D eigenvalue weighted by molar-refractivity contribution is 5.83. The van der Waals surface area contributed by atoms with Crippen LogP contribution in [0.2, 0.25) is 0 Å². The first-order valence-electron chi connectivity index (χ1n) is 9.65. The highest BCUT2D eigenvalue weighted by atomic mass is 19.1. The van der Waals surface area contributed by atoms with Crippen molar-refractivity contribution >= 4 is 16.9 Å². The topological polar surface area (TPSA) is 70.7 Å². The van der Waals surface area contributed by atoms with Crippen molar-refractivity contribution in [3.8, 4) is 0 Å². The minimum absolute atomic E-state index is 0.223. The van der Waals surface area contributed by atoms with Gasteiger partial charge in [-0.3, -0.25) is 4.99 Å². The first-order chi connectivity index (χ1) is 13.3. The summed E-state index contributed by atoms with van der Waals surface area (Å²) in [6, 6.07) is 4.84. The van der Waals surface area contributed by atoms with Crippen LogP contribution in [0, 0.1) is 5.82 Å². The Hall–Kier alpha value is -2.12. The first kappa shape index (κ1) is 19.6. The van der Waals surface area contributed by atoms with Gasteiger partial charge in [-0.1, -0.05) is 0 Å². The van der Waals surface area contributed by atoms with Crippen LogP contribution in [0.3, 0.4) is 0 Å². The Balaban J connectivity index is 1.32. The van der Waals surface area contributed by atoms with E-state index in [-0.39, 0.29) is 5.82 Å². The largest absolute Gasteiger partial charge is 0.381 e. The average molecular weight is 376 g/mol. The monoisotopic (exact) mass is 376 g/mol. The number of ether oxygens (including phenoxy) is 2. The van der Waals surface area contributed by atoms with Gasteiger partial charge in [0.05, 0.1) is 6.10 Å². The number of rotatable bonds is 8. The molecule has 0 saturated carbocycles. The summed E-state index contributed by atoms with van der Waals surface area (Å²) < 4.78 is 24.5. The predicted molar refractivity (Wildman–Crippen MR) is 106 cm³/mol. The normalized spacial score (nSPS) is 16.0. The molecule has 1 aromatic carbocycles. The van der Waals surface area contributed by atoms with Crippen molar-refractivity contribution in [2.45, 2.75) is 31.8 Å². The molecule has 1 fully saturated rings. The maximum Gasteiger partial charge on any atom is 0.190 e. The molecule has 3 rings (SSSR count). The van der Waals surface area contributed by atoms with Crippen molar-refractivity contribution in [3.63, 3.8) is 0 Å². The number of aliphatic imine (C=N–C) groups is 1. The molecule has 6 nitrogen and oxygen atoms in total. The summed E-state index contributed by atoms with van der Waals surface area (Å²) in [6.45, 7) is 3.94. The maximum atomic E-state index is 13.3. The van der Waals surface area contributed by atoms with Crippen LogP contribution in [0.4, 0.5) is 4.39 Å². The summed E-state index contributed by atoms with van der Waals surface area (Å²) >= 11 is 0. The highest BCUT2D eigenvalue weighted by Crippen LogP contribution is 2.19. The van der Waals surface area contributed by atoms with Gasteiger partial charge in [0.25, 0.3) is 0 Å². The van der Waals surface area contributed by atoms with Crippen molar-refractivity contribution in [2.75, 3.05) is 40.0 Å². The lowest BCUT2D eigenvalue weighted by Crippen LogP contribution is -2.39. The Morgan fingerprint density at radius 1 is 1.30 bits per heavy atom. The second-order valence-corrected chi connectivity index (χ2v) is 6.72. The Morgan fingerprint density at radius 3 is 2.93 bits per heavy atom. The number of hydrogen-bond donors (Lipinski definition) is 3. The summed E-state index contributed by atoms with van der Waals surface area (Å²) in [6.07, 6.45) is 6.05. The van der Waals surface area contributed by atoms with E-state index < -0.39 is 0 Å². The van der Waals surface area contributed by atoms with Crippen molar-refractivity contribution in [1.82, 2.24) is 15.6 Å². The number of hydrogen-bond acceptors (Lipinski definition) is 3. The standard InChI is InChI=1S/C20H29FN4O2/c1-22-20(23-8-2-10-27-17-6-11-26-12-7-17)24-9-5-15-14-25-19-13-16(21)3-4-18(15)19/h3-4,13-14,17,25H,2,5-12H2,1H3,(H2,22,23,24). The fraction of sp³-hybridized carbons (Fsp3) is 0.550. The summed E-state index contributed by atoms with van der Waals surface area (Å²) in [5.41, 5.74) is 2.00. The second-order valence-electron chi connectivity index (χ2n) is 6.72. The van der Waals surface area contributed by atoms with Gasteiger partial charge in [-0.25, -0.2) is 4.39 Å². The molecule has 0 unspecified atom stereocenters. The van der Waals surface area contributed by atoms with E-state index in [1.807, 2.05) is 12.3 Å². The molecule has 1 aliphatic heterocycles. The van der Waals surface area contributed by atoms with Crippen LogP contribution in [0.15, 0.2) is 29.4 Å². The zero-order chi connectivity index (χ0) is 18.9. The Morgan fingerprint density at radius 2 is 2.11 bits per heavy atom. The third kappa shape index (κ3) is 5.94. The van der Waals surface area contributed by atoms with Crippen molar-refractivity contribution in [1.29, 1.82) is 0 Å². The van der Waals surface area contributed by atoms with Crippen LogP contribution in [0.25, 0.3) is 10.9 Å². The van der Waals surface area contributed by atoms with E-state index in [9.17, 15) is 4.39 Å². The lowest BCUT2D eigenvalue weighted by atomic mass is 10.1. The van der Waals surface area contributed by atoms with Crippen LogP contribution in [-0.2, 0) is 15.9 Å². The van der Waals surface area contributed by atoms with Gasteiger partial charge in [0.1, 0.15) is 5.82 Å². The average Bonchev–Trinajstić information content (AvgIpc) is 3.09. The van der Waals surface area contributed by atoms with Crippen LogP contribution in [0.1, 0.15) is 24.8 Å². The molecule has 2 heterocycles. The zero-order valence-electron chi connectivity index (χ0n) is 15.9. The van der Waals surface area contributed by atoms with E-state index in [1.54, 1.807) is 7.05 Å². The van der Waals surface area contributed by atoms with E-state index >= 15 is 0 Å². The number of guanidine groups is 1. The molecule has 0 atom stereocenters. The van der Waals surface area contributed by atoms with Gasteiger partial charge < -0.3 is 25.1 Å². The highest BCUT2D eigenvalue weighted by Gasteiger charge is 2.13. The van der Waals surface area contributed by atoms with Gasteiger partial charge in [0.15, 0.2) is 5.96 Å². The second kappa shape index (κ2) is 10.3. The van der Waals surface area contributed by atoms with E-state index in [2.05, 4.69) is 20.6 Å². The summed E-state index contributed by atoms with van der Waals surface area (Å²) in [5.74, 6) is 0.561. The summed E-state index contributed by atoms with van der Waals surface area (Å²) in [7, 11) is 1.77. The van der Waals surface area contributed by atoms with Gasteiger partial charge in [-0.05, 0) is 49.4 Å². The summed E-state index contributed by atoms with van der Waals surface area (Å²) in [5, 5.41) is 7.69. The first-order valence-corrected chi connectivity index (χ1v) is 9.65. The molecule has 0 aliphatic carbocycles. The number of nitrogens with zero attached hydrogens (tertiary/aromatic N) is 1. The predicted octanol–water partition coefficient (Wildman–Crippen LogP) is 2.60. The maximum absolute atomic E-state index is 13.3. The fourth-order valence-electron chi connectivity index (χ4n) is 3.27. The number of fused-ring (bicyclic) bond motifs is 1. The van der Waals surface area contributed by atoms with Crippen LogP contribution >= 0.6 is 0 Å². The minimum atomic E-state index is -0.223. The zero-order valence-corrected chi connectivity index (χ0v) is 15.9. The third-order valence-corrected chi connectivity index (χ3v) is 4.78. The number of halogens is 1. The van der Waals surface area contributed by atoms with Crippen LogP contribution in [-0.4, -0.2) is 57.0 Å². The number of aromatic nitrogens is 1. The number of H-pyrrole nitrogens is 1. The molecular weight excluding hydrogens is 347 g/mol. The molecule has 1 saturated heterocycles. The molecule has 148 valence electrons. The number of aromatic amines is 1. The van der Waals surface area contributed by atoms with Gasteiger partial charge in [-0.2, -0.15) is 0 Å².